The third-order valence-electron chi connectivity index (χ3n) is 4.92. The van der Waals surface area contributed by atoms with Gasteiger partial charge in [0.05, 0.1) is 23.4 Å². The molecule has 0 spiro atoms. The van der Waals surface area contributed by atoms with Gasteiger partial charge in [0, 0.05) is 13.0 Å². The van der Waals surface area contributed by atoms with E-state index in [0.717, 1.165) is 18.4 Å². The SMILES string of the molecule is COc1ccc(NS(=O)(=O)c2c(C)cc(C)cc2C)cc1N1CCCCC1=O. The van der Waals surface area contributed by atoms with E-state index in [1.165, 1.54) is 7.11 Å². The largest absolute Gasteiger partial charge is 0.495 e. The third-order valence-corrected chi connectivity index (χ3v) is 6.60. The van der Waals surface area contributed by atoms with Crippen LogP contribution in [-0.2, 0) is 14.8 Å². The van der Waals surface area contributed by atoms with E-state index in [9.17, 15) is 13.2 Å². The molecule has 1 aliphatic rings. The predicted octanol–water partition coefficient (Wildman–Crippen LogP) is 3.94. The van der Waals surface area contributed by atoms with E-state index >= 15 is 0 Å². The van der Waals surface area contributed by atoms with Crippen molar-refractivity contribution < 1.29 is 17.9 Å². The van der Waals surface area contributed by atoms with Gasteiger partial charge in [-0.15, -0.1) is 0 Å². The van der Waals surface area contributed by atoms with Gasteiger partial charge < -0.3 is 9.64 Å². The highest BCUT2D eigenvalue weighted by atomic mass is 32.2. The Morgan fingerprint density at radius 1 is 1.04 bits per heavy atom. The minimum atomic E-state index is -3.77. The van der Waals surface area contributed by atoms with E-state index in [0.29, 0.717) is 41.2 Å². The summed E-state index contributed by atoms with van der Waals surface area (Å²) in [5, 5.41) is 0. The fourth-order valence-electron chi connectivity index (χ4n) is 3.82. The number of piperidine rings is 1. The van der Waals surface area contributed by atoms with Crippen molar-refractivity contribution in [3.8, 4) is 5.75 Å². The lowest BCUT2D eigenvalue weighted by molar-refractivity contribution is -0.119. The van der Waals surface area contributed by atoms with Crippen molar-refractivity contribution in [2.24, 2.45) is 0 Å². The van der Waals surface area contributed by atoms with Crippen LogP contribution in [-0.4, -0.2) is 28.0 Å². The van der Waals surface area contributed by atoms with Gasteiger partial charge in [-0.2, -0.15) is 0 Å². The molecular weight excluding hydrogens is 376 g/mol. The zero-order chi connectivity index (χ0) is 20.5. The smallest absolute Gasteiger partial charge is 0.262 e. The van der Waals surface area contributed by atoms with E-state index in [1.807, 2.05) is 19.1 Å². The highest BCUT2D eigenvalue weighted by Gasteiger charge is 2.25. The molecule has 0 unspecified atom stereocenters. The second kappa shape index (κ2) is 7.83. The van der Waals surface area contributed by atoms with Crippen LogP contribution in [0.15, 0.2) is 35.2 Å². The Morgan fingerprint density at radius 2 is 1.71 bits per heavy atom. The number of carbonyl (C=O) groups is 1. The van der Waals surface area contributed by atoms with Gasteiger partial charge in [0.25, 0.3) is 10.0 Å². The molecule has 7 heteroatoms. The number of sulfonamides is 1. The van der Waals surface area contributed by atoms with Gasteiger partial charge in [0.2, 0.25) is 5.91 Å². The van der Waals surface area contributed by atoms with Crippen LogP contribution < -0.4 is 14.4 Å². The lowest BCUT2D eigenvalue weighted by Gasteiger charge is -2.28. The number of amides is 1. The molecule has 1 heterocycles. The van der Waals surface area contributed by atoms with E-state index in [-0.39, 0.29) is 10.8 Å². The van der Waals surface area contributed by atoms with E-state index in [1.54, 1.807) is 36.9 Å². The van der Waals surface area contributed by atoms with Crippen LogP contribution in [0.2, 0.25) is 0 Å². The molecule has 2 aromatic rings. The second-order valence-electron chi connectivity index (χ2n) is 7.22. The van der Waals surface area contributed by atoms with Crippen LogP contribution in [0.3, 0.4) is 0 Å². The molecule has 150 valence electrons. The van der Waals surface area contributed by atoms with E-state index < -0.39 is 10.0 Å². The summed E-state index contributed by atoms with van der Waals surface area (Å²) in [5.41, 5.74) is 3.40. The van der Waals surface area contributed by atoms with Crippen LogP contribution in [0.5, 0.6) is 5.75 Å². The van der Waals surface area contributed by atoms with Crippen molar-refractivity contribution in [1.29, 1.82) is 0 Å². The van der Waals surface area contributed by atoms with Gasteiger partial charge in [0.15, 0.2) is 0 Å². The highest BCUT2D eigenvalue weighted by Crippen LogP contribution is 2.34. The number of anilines is 2. The molecule has 6 nitrogen and oxygen atoms in total. The molecule has 28 heavy (non-hydrogen) atoms. The van der Waals surface area contributed by atoms with Crippen molar-refractivity contribution >= 4 is 27.3 Å². The average Bonchev–Trinajstić information content (AvgIpc) is 2.60. The first-order chi connectivity index (χ1) is 13.2. The summed E-state index contributed by atoms with van der Waals surface area (Å²) in [6.07, 6.45) is 2.27. The number of benzene rings is 2. The van der Waals surface area contributed by atoms with E-state index in [4.69, 9.17) is 4.74 Å². The Labute approximate surface area is 166 Å². The molecule has 0 saturated carbocycles. The van der Waals surface area contributed by atoms with Crippen LogP contribution in [0.4, 0.5) is 11.4 Å². The lowest BCUT2D eigenvalue weighted by atomic mass is 10.1. The predicted molar refractivity (Wildman–Crippen MR) is 111 cm³/mol. The number of rotatable bonds is 5. The second-order valence-corrected chi connectivity index (χ2v) is 8.84. The minimum absolute atomic E-state index is 0.0229. The quantitative estimate of drug-likeness (QED) is 0.822. The molecule has 3 rings (SSSR count). The fraction of sp³-hybridized carbons (Fsp3) is 0.381. The first kappa shape index (κ1) is 20.2. The number of methoxy groups -OCH3 is 1. The summed E-state index contributed by atoms with van der Waals surface area (Å²) in [6.45, 7) is 6.12. The first-order valence-corrected chi connectivity index (χ1v) is 10.8. The van der Waals surface area contributed by atoms with Crippen molar-refractivity contribution in [1.82, 2.24) is 0 Å². The summed E-state index contributed by atoms with van der Waals surface area (Å²) in [5.74, 6) is 0.565. The molecule has 1 aliphatic heterocycles. The number of hydrogen-bond donors (Lipinski definition) is 1. The van der Waals surface area contributed by atoms with Crippen molar-refractivity contribution in [2.45, 2.75) is 44.9 Å². The topological polar surface area (TPSA) is 75.7 Å². The first-order valence-electron chi connectivity index (χ1n) is 9.32. The maximum absolute atomic E-state index is 13.0. The lowest BCUT2D eigenvalue weighted by Crippen LogP contribution is -2.35. The van der Waals surface area contributed by atoms with E-state index in [2.05, 4.69) is 4.72 Å². The van der Waals surface area contributed by atoms with Crippen LogP contribution in [0, 0.1) is 20.8 Å². The van der Waals surface area contributed by atoms with Gasteiger partial charge in [-0.3, -0.25) is 9.52 Å². The molecular formula is C21H26N2O4S. The normalized spacial score (nSPS) is 14.9. The molecule has 1 fully saturated rings. The zero-order valence-electron chi connectivity index (χ0n) is 16.7. The Hall–Kier alpha value is -2.54. The van der Waals surface area contributed by atoms with Crippen LogP contribution in [0.25, 0.3) is 0 Å². The number of carbonyl (C=O) groups excluding carboxylic acids is 1. The molecule has 1 amide bonds. The number of ether oxygens (including phenoxy) is 1. The summed E-state index contributed by atoms with van der Waals surface area (Å²) >= 11 is 0. The average molecular weight is 403 g/mol. The van der Waals surface area contributed by atoms with Gasteiger partial charge in [0.1, 0.15) is 5.75 Å². The Bertz CT molecular complexity index is 992. The van der Waals surface area contributed by atoms with Gasteiger partial charge in [-0.1, -0.05) is 17.7 Å². The van der Waals surface area contributed by atoms with Gasteiger partial charge in [-0.25, -0.2) is 8.42 Å². The minimum Gasteiger partial charge on any atom is -0.495 e. The standard InChI is InChI=1S/C21H26N2O4S/c1-14-11-15(2)21(16(3)12-14)28(25,26)22-17-8-9-19(27-4)18(13-17)23-10-6-5-7-20(23)24/h8-9,11-13,22H,5-7,10H2,1-4H3. The van der Waals surface area contributed by atoms with Crippen molar-refractivity contribution in [3.05, 3.63) is 47.0 Å². The zero-order valence-corrected chi connectivity index (χ0v) is 17.5. The Balaban J connectivity index is 1.99. The number of nitrogens with one attached hydrogen (secondary N) is 1. The molecule has 0 bridgehead atoms. The highest BCUT2D eigenvalue weighted by molar-refractivity contribution is 7.92. The number of nitrogens with zero attached hydrogens (tertiary/aromatic N) is 1. The summed E-state index contributed by atoms with van der Waals surface area (Å²) in [7, 11) is -2.23. The third kappa shape index (κ3) is 3.99. The summed E-state index contributed by atoms with van der Waals surface area (Å²) < 4.78 is 34.1. The molecule has 0 aromatic heterocycles. The molecule has 0 radical (unpaired) electrons. The molecule has 2 aromatic carbocycles. The molecule has 0 aliphatic carbocycles. The maximum atomic E-state index is 13.0. The number of hydrogen-bond acceptors (Lipinski definition) is 4. The molecule has 1 N–H and O–H groups in total. The summed E-state index contributed by atoms with van der Waals surface area (Å²) in [6, 6.07) is 8.70. The Kier molecular flexibility index (Phi) is 5.65. The van der Waals surface area contributed by atoms with Crippen molar-refractivity contribution in [3.63, 3.8) is 0 Å². The van der Waals surface area contributed by atoms with Crippen LogP contribution in [0.1, 0.15) is 36.0 Å². The maximum Gasteiger partial charge on any atom is 0.262 e. The van der Waals surface area contributed by atoms with Crippen LogP contribution >= 0.6 is 0 Å². The van der Waals surface area contributed by atoms with Crippen molar-refractivity contribution in [2.75, 3.05) is 23.3 Å². The number of aryl methyl sites for hydroxylation is 3. The monoisotopic (exact) mass is 402 g/mol. The molecule has 1 saturated heterocycles. The van der Waals surface area contributed by atoms with Gasteiger partial charge in [-0.05, 0) is 62.9 Å². The summed E-state index contributed by atoms with van der Waals surface area (Å²) in [4.78, 5) is 14.3. The fourth-order valence-corrected chi connectivity index (χ4v) is 5.33. The molecule has 0 atom stereocenters. The Morgan fingerprint density at radius 3 is 2.32 bits per heavy atom. The van der Waals surface area contributed by atoms with Gasteiger partial charge >= 0.3 is 0 Å².